The number of halogens is 1. The van der Waals surface area contributed by atoms with Gasteiger partial charge in [0.05, 0.1) is 4.92 Å². The van der Waals surface area contributed by atoms with E-state index in [1.165, 1.54) is 12.3 Å². The molecule has 0 aliphatic rings. The van der Waals surface area contributed by atoms with Crippen molar-refractivity contribution in [3.8, 4) is 11.6 Å². The lowest BCUT2D eigenvalue weighted by atomic mass is 10.1. The number of nitro groups is 1. The van der Waals surface area contributed by atoms with Gasteiger partial charge in [0, 0.05) is 16.7 Å². The normalized spacial score (nSPS) is 10.3. The van der Waals surface area contributed by atoms with E-state index in [2.05, 4.69) is 20.9 Å². The minimum atomic E-state index is -0.532. The minimum absolute atomic E-state index is 0.0372. The molecule has 2 rings (SSSR count). The van der Waals surface area contributed by atoms with Crippen LogP contribution < -0.4 is 10.5 Å². The first-order valence-corrected chi connectivity index (χ1v) is 6.66. The van der Waals surface area contributed by atoms with Gasteiger partial charge >= 0.3 is 5.69 Å². The smallest absolute Gasteiger partial charge is 0.332 e. The van der Waals surface area contributed by atoms with E-state index in [1.54, 1.807) is 12.1 Å². The zero-order chi connectivity index (χ0) is 14.5. The number of hydrogen-bond acceptors (Lipinski definition) is 5. The lowest BCUT2D eigenvalue weighted by molar-refractivity contribution is -0.386. The number of hydrogen-bond donors (Lipinski definition) is 1. The summed E-state index contributed by atoms with van der Waals surface area (Å²) in [5, 5.41) is 11.0. The molecule has 0 spiro atoms. The largest absolute Gasteiger partial charge is 0.434 e. The van der Waals surface area contributed by atoms with Gasteiger partial charge in [-0.2, -0.15) is 0 Å². The van der Waals surface area contributed by atoms with Crippen LogP contribution in [0.2, 0.25) is 0 Å². The standard InChI is InChI=1S/C13H12BrN3O3/c14-10-7-12(17(18)19)13(16-8-10)20-11-3-1-9(2-4-11)5-6-15/h1-4,7-8H,5-6,15H2. The van der Waals surface area contributed by atoms with E-state index in [-0.39, 0.29) is 11.6 Å². The first kappa shape index (κ1) is 14.4. The number of rotatable bonds is 5. The maximum atomic E-state index is 11.0. The van der Waals surface area contributed by atoms with Crippen LogP contribution in [0.15, 0.2) is 41.0 Å². The van der Waals surface area contributed by atoms with Gasteiger partial charge in [-0.05, 0) is 46.6 Å². The van der Waals surface area contributed by atoms with Crippen LogP contribution in [-0.4, -0.2) is 16.5 Å². The van der Waals surface area contributed by atoms with Gasteiger partial charge in [-0.15, -0.1) is 0 Å². The highest BCUT2D eigenvalue weighted by Crippen LogP contribution is 2.31. The molecule has 104 valence electrons. The molecule has 1 aromatic carbocycles. The van der Waals surface area contributed by atoms with Crippen LogP contribution in [0.1, 0.15) is 5.56 Å². The Bertz CT molecular complexity index is 617. The van der Waals surface area contributed by atoms with Crippen molar-refractivity contribution >= 4 is 21.6 Å². The quantitative estimate of drug-likeness (QED) is 0.668. The summed E-state index contributed by atoms with van der Waals surface area (Å²) in [7, 11) is 0. The zero-order valence-corrected chi connectivity index (χ0v) is 12.0. The van der Waals surface area contributed by atoms with Crippen molar-refractivity contribution in [1.82, 2.24) is 4.98 Å². The highest BCUT2D eigenvalue weighted by atomic mass is 79.9. The van der Waals surface area contributed by atoms with Gasteiger partial charge < -0.3 is 10.5 Å². The van der Waals surface area contributed by atoms with Crippen LogP contribution >= 0.6 is 15.9 Å². The predicted octanol–water partition coefficient (Wildman–Crippen LogP) is 3.05. The Hall–Kier alpha value is -1.99. The van der Waals surface area contributed by atoms with Gasteiger partial charge in [0.15, 0.2) is 0 Å². The molecule has 20 heavy (non-hydrogen) atoms. The molecule has 2 N–H and O–H groups in total. The molecule has 0 amide bonds. The van der Waals surface area contributed by atoms with Crippen molar-refractivity contribution in [3.63, 3.8) is 0 Å². The van der Waals surface area contributed by atoms with Crippen LogP contribution in [0.25, 0.3) is 0 Å². The van der Waals surface area contributed by atoms with Gasteiger partial charge in [0.1, 0.15) is 5.75 Å². The molecular weight excluding hydrogens is 326 g/mol. The second-order valence-corrected chi connectivity index (χ2v) is 4.94. The Balaban J connectivity index is 2.23. The number of nitrogens with zero attached hydrogens (tertiary/aromatic N) is 2. The molecule has 1 heterocycles. The topological polar surface area (TPSA) is 91.3 Å². The Morgan fingerprint density at radius 3 is 2.65 bits per heavy atom. The van der Waals surface area contributed by atoms with E-state index in [0.717, 1.165) is 12.0 Å². The molecule has 0 atom stereocenters. The summed E-state index contributed by atoms with van der Waals surface area (Å²) in [5.74, 6) is 0.452. The van der Waals surface area contributed by atoms with E-state index in [1.807, 2.05) is 12.1 Å². The van der Waals surface area contributed by atoms with E-state index in [9.17, 15) is 10.1 Å². The summed E-state index contributed by atoms with van der Waals surface area (Å²) >= 11 is 3.14. The molecule has 0 saturated heterocycles. The van der Waals surface area contributed by atoms with Gasteiger partial charge in [-0.1, -0.05) is 12.1 Å². The van der Waals surface area contributed by atoms with Gasteiger partial charge in [0.25, 0.3) is 5.88 Å². The lowest BCUT2D eigenvalue weighted by Gasteiger charge is -2.06. The number of ether oxygens (including phenoxy) is 1. The number of aromatic nitrogens is 1. The number of pyridine rings is 1. The summed E-state index contributed by atoms with van der Waals surface area (Å²) < 4.78 is 5.98. The van der Waals surface area contributed by atoms with Crippen molar-refractivity contribution in [2.24, 2.45) is 5.73 Å². The average Bonchev–Trinajstić information content (AvgIpc) is 2.43. The summed E-state index contributed by atoms with van der Waals surface area (Å²) in [5.41, 5.74) is 6.36. The van der Waals surface area contributed by atoms with Crippen molar-refractivity contribution in [1.29, 1.82) is 0 Å². The third kappa shape index (κ3) is 3.52. The summed E-state index contributed by atoms with van der Waals surface area (Å²) in [4.78, 5) is 14.3. The Kier molecular flexibility index (Phi) is 4.65. The fraction of sp³-hybridized carbons (Fsp3) is 0.154. The van der Waals surface area contributed by atoms with Crippen LogP contribution in [0.4, 0.5) is 5.69 Å². The van der Waals surface area contributed by atoms with Crippen LogP contribution in [-0.2, 0) is 6.42 Å². The molecule has 0 aliphatic carbocycles. The first-order valence-electron chi connectivity index (χ1n) is 5.87. The van der Waals surface area contributed by atoms with E-state index >= 15 is 0 Å². The highest BCUT2D eigenvalue weighted by molar-refractivity contribution is 9.10. The SMILES string of the molecule is NCCc1ccc(Oc2ncc(Br)cc2[N+](=O)[O-])cc1. The maximum Gasteiger partial charge on any atom is 0.332 e. The molecule has 6 nitrogen and oxygen atoms in total. The molecule has 0 fully saturated rings. The molecule has 0 aliphatic heterocycles. The Morgan fingerprint density at radius 1 is 1.35 bits per heavy atom. The van der Waals surface area contributed by atoms with E-state index < -0.39 is 4.92 Å². The molecule has 0 unspecified atom stereocenters. The number of benzene rings is 1. The third-order valence-electron chi connectivity index (χ3n) is 2.57. The van der Waals surface area contributed by atoms with E-state index in [4.69, 9.17) is 10.5 Å². The molecular formula is C13H12BrN3O3. The molecule has 0 saturated carbocycles. The molecule has 0 radical (unpaired) electrons. The summed E-state index contributed by atoms with van der Waals surface area (Å²) in [6, 6.07) is 8.56. The second-order valence-electron chi connectivity index (χ2n) is 4.02. The van der Waals surface area contributed by atoms with Crippen molar-refractivity contribution < 1.29 is 9.66 Å². The third-order valence-corrected chi connectivity index (χ3v) is 3.00. The van der Waals surface area contributed by atoms with Crippen LogP contribution in [0.5, 0.6) is 11.6 Å². The monoisotopic (exact) mass is 337 g/mol. The highest BCUT2D eigenvalue weighted by Gasteiger charge is 2.18. The molecule has 2 aromatic rings. The van der Waals surface area contributed by atoms with Crippen LogP contribution in [0.3, 0.4) is 0 Å². The molecule has 7 heteroatoms. The fourth-order valence-corrected chi connectivity index (χ4v) is 1.95. The van der Waals surface area contributed by atoms with Gasteiger partial charge in [-0.3, -0.25) is 10.1 Å². The Morgan fingerprint density at radius 2 is 2.05 bits per heavy atom. The molecule has 1 aromatic heterocycles. The molecule has 0 bridgehead atoms. The summed E-state index contributed by atoms with van der Waals surface area (Å²) in [6.07, 6.45) is 2.22. The summed E-state index contributed by atoms with van der Waals surface area (Å²) in [6.45, 7) is 0.569. The van der Waals surface area contributed by atoms with Crippen molar-refractivity contribution in [2.45, 2.75) is 6.42 Å². The van der Waals surface area contributed by atoms with E-state index in [0.29, 0.717) is 16.8 Å². The Labute approximate surface area is 123 Å². The predicted molar refractivity (Wildman–Crippen MR) is 77.9 cm³/mol. The maximum absolute atomic E-state index is 11.0. The van der Waals surface area contributed by atoms with Gasteiger partial charge in [-0.25, -0.2) is 4.98 Å². The number of nitrogens with two attached hydrogens (primary N) is 1. The van der Waals surface area contributed by atoms with Crippen LogP contribution in [0, 0.1) is 10.1 Å². The fourth-order valence-electron chi connectivity index (χ4n) is 1.63. The first-order chi connectivity index (χ1) is 9.60. The second kappa shape index (κ2) is 6.44. The zero-order valence-electron chi connectivity index (χ0n) is 10.5. The van der Waals surface area contributed by atoms with Gasteiger partial charge in [0.2, 0.25) is 0 Å². The minimum Gasteiger partial charge on any atom is -0.434 e. The average molecular weight is 338 g/mol. The van der Waals surface area contributed by atoms with Crippen molar-refractivity contribution in [2.75, 3.05) is 6.54 Å². The van der Waals surface area contributed by atoms with Crippen molar-refractivity contribution in [3.05, 3.63) is 56.7 Å². The lowest BCUT2D eigenvalue weighted by Crippen LogP contribution is -2.02.